The van der Waals surface area contributed by atoms with Crippen molar-refractivity contribution in [3.8, 4) is 5.75 Å². The molecule has 2 aliphatic rings. The molecule has 3 nitrogen and oxygen atoms in total. The molecule has 92 valence electrons. The highest BCUT2D eigenvalue weighted by Crippen LogP contribution is 2.40. The molecule has 0 fully saturated rings. The van der Waals surface area contributed by atoms with E-state index in [0.29, 0.717) is 5.92 Å². The molecule has 2 aliphatic heterocycles. The molecule has 2 heterocycles. The number of fused-ring (bicyclic) bond motifs is 2. The van der Waals surface area contributed by atoms with E-state index in [2.05, 4.69) is 36.4 Å². The zero-order valence-corrected chi connectivity index (χ0v) is 10.6. The topological polar surface area (TPSA) is 24.5 Å². The Bertz CT molecular complexity index is 428. The van der Waals surface area contributed by atoms with Gasteiger partial charge in [0.1, 0.15) is 5.75 Å². The van der Waals surface area contributed by atoms with Crippen molar-refractivity contribution in [3.63, 3.8) is 0 Å². The Labute approximate surface area is 103 Å². The number of anilines is 1. The molecule has 1 aromatic carbocycles. The first-order valence-electron chi connectivity index (χ1n) is 6.42. The largest absolute Gasteiger partial charge is 0.493 e. The highest BCUT2D eigenvalue weighted by Gasteiger charge is 2.26. The van der Waals surface area contributed by atoms with Gasteiger partial charge in [-0.25, -0.2) is 0 Å². The van der Waals surface area contributed by atoms with E-state index in [1.165, 1.54) is 23.2 Å². The first-order chi connectivity index (χ1) is 8.24. The summed E-state index contributed by atoms with van der Waals surface area (Å²) in [6.45, 7) is 3.05. The molecular weight excluding hydrogens is 212 g/mol. The summed E-state index contributed by atoms with van der Waals surface area (Å²) in [4.78, 5) is 2.24. The molecule has 17 heavy (non-hydrogen) atoms. The maximum Gasteiger partial charge on any atom is 0.123 e. The van der Waals surface area contributed by atoms with E-state index >= 15 is 0 Å². The first kappa shape index (κ1) is 10.9. The number of nitrogens with one attached hydrogen (secondary N) is 1. The number of hydrogen-bond donors (Lipinski definition) is 1. The first-order valence-corrected chi connectivity index (χ1v) is 6.42. The molecule has 1 atom stereocenters. The molecule has 1 N–H and O–H groups in total. The summed E-state index contributed by atoms with van der Waals surface area (Å²) in [5.41, 5.74) is 4.14. The van der Waals surface area contributed by atoms with Crippen LogP contribution in [0.4, 0.5) is 5.69 Å². The lowest BCUT2D eigenvalue weighted by molar-refractivity contribution is 0.306. The number of nitrogens with zero attached hydrogens (tertiary/aromatic N) is 1. The lowest BCUT2D eigenvalue weighted by Gasteiger charge is -2.13. The van der Waals surface area contributed by atoms with Gasteiger partial charge in [0.15, 0.2) is 0 Å². The number of rotatable bonds is 3. The third kappa shape index (κ3) is 2.00. The summed E-state index contributed by atoms with van der Waals surface area (Å²) < 4.78 is 5.82. The summed E-state index contributed by atoms with van der Waals surface area (Å²) in [7, 11) is 4.25. The van der Waals surface area contributed by atoms with Gasteiger partial charge in [-0.3, -0.25) is 0 Å². The van der Waals surface area contributed by atoms with Crippen LogP contribution in [0.1, 0.15) is 23.5 Å². The van der Waals surface area contributed by atoms with Crippen LogP contribution in [0, 0.1) is 0 Å². The van der Waals surface area contributed by atoms with Gasteiger partial charge in [0.2, 0.25) is 0 Å². The molecule has 0 aromatic heterocycles. The number of benzene rings is 1. The minimum absolute atomic E-state index is 0.570. The fraction of sp³-hybridized carbons (Fsp3) is 0.571. The molecule has 0 bridgehead atoms. The fourth-order valence-electron chi connectivity index (χ4n) is 2.72. The average molecular weight is 232 g/mol. The van der Waals surface area contributed by atoms with Crippen molar-refractivity contribution in [1.82, 2.24) is 4.90 Å². The third-order valence-electron chi connectivity index (χ3n) is 3.75. The van der Waals surface area contributed by atoms with Crippen LogP contribution in [0.25, 0.3) is 0 Å². The van der Waals surface area contributed by atoms with Crippen molar-refractivity contribution in [1.29, 1.82) is 0 Å². The second-order valence-electron chi connectivity index (χ2n) is 5.32. The van der Waals surface area contributed by atoms with Crippen molar-refractivity contribution < 1.29 is 4.74 Å². The van der Waals surface area contributed by atoms with Crippen molar-refractivity contribution in [2.45, 2.75) is 18.8 Å². The molecule has 0 aliphatic carbocycles. The third-order valence-corrected chi connectivity index (χ3v) is 3.75. The second kappa shape index (κ2) is 4.22. The zero-order chi connectivity index (χ0) is 11.8. The summed E-state index contributed by atoms with van der Waals surface area (Å²) in [5.74, 6) is 1.69. The second-order valence-corrected chi connectivity index (χ2v) is 5.32. The van der Waals surface area contributed by atoms with Gasteiger partial charge >= 0.3 is 0 Å². The summed E-state index contributed by atoms with van der Waals surface area (Å²) >= 11 is 0. The van der Waals surface area contributed by atoms with Crippen LogP contribution >= 0.6 is 0 Å². The van der Waals surface area contributed by atoms with Gasteiger partial charge in [-0.15, -0.1) is 0 Å². The molecule has 0 spiro atoms. The van der Waals surface area contributed by atoms with Gasteiger partial charge in [-0.1, -0.05) is 0 Å². The van der Waals surface area contributed by atoms with Crippen LogP contribution in [-0.4, -0.2) is 38.7 Å². The number of ether oxygens (including phenoxy) is 1. The zero-order valence-electron chi connectivity index (χ0n) is 10.6. The maximum atomic E-state index is 5.82. The molecule has 0 saturated heterocycles. The van der Waals surface area contributed by atoms with Crippen LogP contribution < -0.4 is 10.1 Å². The molecule has 0 amide bonds. The number of hydrogen-bond acceptors (Lipinski definition) is 3. The highest BCUT2D eigenvalue weighted by molar-refractivity contribution is 5.62. The maximum absolute atomic E-state index is 5.82. The van der Waals surface area contributed by atoms with Crippen LogP contribution in [0.3, 0.4) is 0 Å². The van der Waals surface area contributed by atoms with Crippen LogP contribution in [0.2, 0.25) is 0 Å². The quantitative estimate of drug-likeness (QED) is 0.863. The Morgan fingerprint density at radius 2 is 2.29 bits per heavy atom. The molecule has 1 unspecified atom stereocenters. The van der Waals surface area contributed by atoms with E-state index in [1.807, 2.05) is 0 Å². The normalized spacial score (nSPS) is 21.0. The lowest BCUT2D eigenvalue weighted by atomic mass is 9.96. The van der Waals surface area contributed by atoms with E-state index in [0.717, 1.165) is 31.9 Å². The predicted molar refractivity (Wildman–Crippen MR) is 70.0 cm³/mol. The van der Waals surface area contributed by atoms with Crippen molar-refractivity contribution in [3.05, 3.63) is 23.3 Å². The fourth-order valence-corrected chi connectivity index (χ4v) is 2.72. The molecule has 0 radical (unpaired) electrons. The minimum atomic E-state index is 0.570. The molecule has 3 rings (SSSR count). The van der Waals surface area contributed by atoms with Crippen LogP contribution in [0.15, 0.2) is 12.1 Å². The monoisotopic (exact) mass is 232 g/mol. The lowest BCUT2D eigenvalue weighted by Crippen LogP contribution is -2.16. The van der Waals surface area contributed by atoms with E-state index < -0.39 is 0 Å². The molecule has 0 saturated carbocycles. The molecular formula is C14H20N2O. The van der Waals surface area contributed by atoms with E-state index in [-0.39, 0.29) is 0 Å². The van der Waals surface area contributed by atoms with Gasteiger partial charge in [0.25, 0.3) is 0 Å². The summed E-state index contributed by atoms with van der Waals surface area (Å²) in [5, 5.41) is 3.45. The Morgan fingerprint density at radius 3 is 3.12 bits per heavy atom. The van der Waals surface area contributed by atoms with Crippen molar-refractivity contribution in [2.75, 3.05) is 39.1 Å². The Morgan fingerprint density at radius 1 is 1.41 bits per heavy atom. The molecule has 3 heteroatoms. The van der Waals surface area contributed by atoms with Gasteiger partial charge < -0.3 is 15.0 Å². The van der Waals surface area contributed by atoms with Crippen LogP contribution in [-0.2, 0) is 6.42 Å². The predicted octanol–water partition coefficient (Wildman–Crippen LogP) is 2.08. The smallest absolute Gasteiger partial charge is 0.123 e. The Kier molecular flexibility index (Phi) is 2.71. The van der Waals surface area contributed by atoms with Crippen LogP contribution in [0.5, 0.6) is 5.75 Å². The van der Waals surface area contributed by atoms with Crippen molar-refractivity contribution in [2.24, 2.45) is 0 Å². The Hall–Kier alpha value is -1.22. The Balaban J connectivity index is 1.82. The van der Waals surface area contributed by atoms with E-state index in [4.69, 9.17) is 4.74 Å². The molecule has 1 aromatic rings. The van der Waals surface area contributed by atoms with E-state index in [1.54, 1.807) is 0 Å². The SMILES string of the molecule is CN(C)CCC1COc2cc3c(cc21)NCC3. The summed E-state index contributed by atoms with van der Waals surface area (Å²) in [6.07, 6.45) is 2.31. The standard InChI is InChI=1S/C14H20N2O/c1-16(2)6-4-11-9-17-14-7-10-3-5-15-13(10)8-12(11)14/h7-8,11,15H,3-6,9H2,1-2H3. The minimum Gasteiger partial charge on any atom is -0.493 e. The summed E-state index contributed by atoms with van der Waals surface area (Å²) in [6, 6.07) is 4.55. The highest BCUT2D eigenvalue weighted by atomic mass is 16.5. The average Bonchev–Trinajstić information content (AvgIpc) is 2.88. The van der Waals surface area contributed by atoms with Crippen molar-refractivity contribution >= 4 is 5.69 Å². The van der Waals surface area contributed by atoms with E-state index in [9.17, 15) is 0 Å². The van der Waals surface area contributed by atoms with Gasteiger partial charge in [-0.2, -0.15) is 0 Å². The van der Waals surface area contributed by atoms with Gasteiger partial charge in [-0.05, 0) is 51.2 Å². The van der Waals surface area contributed by atoms with Gasteiger partial charge in [0.05, 0.1) is 6.61 Å². The van der Waals surface area contributed by atoms with Gasteiger partial charge in [0, 0.05) is 23.7 Å².